The van der Waals surface area contributed by atoms with Crippen LogP contribution >= 0.6 is 11.3 Å². The van der Waals surface area contributed by atoms with Gasteiger partial charge < -0.3 is 0 Å². The highest BCUT2D eigenvalue weighted by Gasteiger charge is 2.38. The molecule has 16 heavy (non-hydrogen) atoms. The first-order valence-corrected chi connectivity index (χ1v) is 7.74. The van der Waals surface area contributed by atoms with Gasteiger partial charge in [0.1, 0.15) is 0 Å². The van der Waals surface area contributed by atoms with E-state index in [-0.39, 0.29) is 6.04 Å². The van der Waals surface area contributed by atoms with Gasteiger partial charge in [-0.3, -0.25) is 11.3 Å². The first-order valence-electron chi connectivity index (χ1n) is 4.97. The van der Waals surface area contributed by atoms with Crippen LogP contribution in [0.1, 0.15) is 18.7 Å². The van der Waals surface area contributed by atoms with Crippen LogP contribution in [0, 0.1) is 0 Å². The average Bonchev–Trinajstić information content (AvgIpc) is 2.64. The number of hydrogen-bond acceptors (Lipinski definition) is 5. The number of thiophene rings is 1. The van der Waals surface area contributed by atoms with Crippen molar-refractivity contribution in [2.24, 2.45) is 5.84 Å². The highest BCUT2D eigenvalue weighted by Crippen LogP contribution is 2.24. The third-order valence-electron chi connectivity index (χ3n) is 2.98. The monoisotopic (exact) mass is 262 g/mol. The van der Waals surface area contributed by atoms with Crippen molar-refractivity contribution in [1.29, 1.82) is 0 Å². The molecule has 0 saturated heterocycles. The van der Waals surface area contributed by atoms with E-state index in [9.17, 15) is 8.42 Å². The average molecular weight is 262 g/mol. The van der Waals surface area contributed by atoms with Crippen LogP contribution in [0.5, 0.6) is 0 Å². The van der Waals surface area contributed by atoms with Crippen LogP contribution in [-0.4, -0.2) is 25.5 Å². The van der Waals surface area contributed by atoms with E-state index in [1.807, 2.05) is 17.5 Å². The molecular weight excluding hydrogens is 244 g/mol. The van der Waals surface area contributed by atoms with Crippen molar-refractivity contribution >= 4 is 21.2 Å². The quantitative estimate of drug-likeness (QED) is 0.612. The van der Waals surface area contributed by atoms with E-state index in [1.165, 1.54) is 6.26 Å². The topological polar surface area (TPSA) is 72.2 Å². The second-order valence-electron chi connectivity index (χ2n) is 4.38. The molecule has 1 heterocycles. The van der Waals surface area contributed by atoms with E-state index in [1.54, 1.807) is 25.2 Å². The summed E-state index contributed by atoms with van der Waals surface area (Å²) in [6, 6.07) is 3.63. The smallest absolute Gasteiger partial charge is 0.154 e. The van der Waals surface area contributed by atoms with Crippen LogP contribution in [0.25, 0.3) is 0 Å². The van der Waals surface area contributed by atoms with E-state index in [0.717, 1.165) is 4.88 Å². The Labute approximate surface area is 101 Å². The van der Waals surface area contributed by atoms with Gasteiger partial charge in [0, 0.05) is 17.2 Å². The van der Waals surface area contributed by atoms with E-state index in [2.05, 4.69) is 5.43 Å². The number of nitrogens with one attached hydrogen (secondary N) is 1. The molecular formula is C10H18N2O2S2. The third kappa shape index (κ3) is 2.82. The lowest BCUT2D eigenvalue weighted by atomic mass is 10.00. The highest BCUT2D eigenvalue weighted by molar-refractivity contribution is 7.92. The second kappa shape index (κ2) is 4.83. The van der Waals surface area contributed by atoms with Gasteiger partial charge in [-0.1, -0.05) is 6.07 Å². The van der Waals surface area contributed by atoms with Gasteiger partial charge in [0.25, 0.3) is 0 Å². The summed E-state index contributed by atoms with van der Waals surface area (Å²) in [6.45, 7) is 3.39. The summed E-state index contributed by atoms with van der Waals surface area (Å²) < 4.78 is 22.5. The van der Waals surface area contributed by atoms with Crippen LogP contribution in [0.4, 0.5) is 0 Å². The van der Waals surface area contributed by atoms with Crippen molar-refractivity contribution in [2.45, 2.75) is 31.1 Å². The Balaban J connectivity index is 2.91. The third-order valence-corrected chi connectivity index (χ3v) is 6.08. The Morgan fingerprint density at radius 2 is 2.19 bits per heavy atom. The van der Waals surface area contributed by atoms with Gasteiger partial charge in [-0.25, -0.2) is 8.42 Å². The number of hydrogen-bond donors (Lipinski definition) is 2. The highest BCUT2D eigenvalue weighted by atomic mass is 32.2. The van der Waals surface area contributed by atoms with Gasteiger partial charge in [-0.15, -0.1) is 11.3 Å². The fraction of sp³-hybridized carbons (Fsp3) is 0.600. The van der Waals surface area contributed by atoms with Crippen molar-refractivity contribution in [2.75, 3.05) is 6.26 Å². The predicted molar refractivity (Wildman–Crippen MR) is 68.1 cm³/mol. The molecule has 92 valence electrons. The van der Waals surface area contributed by atoms with Crippen molar-refractivity contribution in [3.05, 3.63) is 22.4 Å². The molecule has 0 aliphatic rings. The molecule has 3 N–H and O–H groups in total. The molecule has 0 aromatic carbocycles. The molecule has 4 nitrogen and oxygen atoms in total. The molecule has 6 heteroatoms. The summed E-state index contributed by atoms with van der Waals surface area (Å²) in [5.41, 5.74) is 2.61. The first kappa shape index (κ1) is 13.6. The maximum atomic E-state index is 11.7. The lowest BCUT2D eigenvalue weighted by molar-refractivity contribution is 0.414. The minimum Gasteiger partial charge on any atom is -0.271 e. The Morgan fingerprint density at radius 3 is 2.56 bits per heavy atom. The van der Waals surface area contributed by atoms with Gasteiger partial charge in [-0.2, -0.15) is 0 Å². The van der Waals surface area contributed by atoms with Crippen molar-refractivity contribution < 1.29 is 8.42 Å². The molecule has 0 saturated carbocycles. The first-order chi connectivity index (χ1) is 7.29. The summed E-state index contributed by atoms with van der Waals surface area (Å²) >= 11 is 1.60. The summed E-state index contributed by atoms with van der Waals surface area (Å²) in [6.07, 6.45) is 1.86. The van der Waals surface area contributed by atoms with E-state index >= 15 is 0 Å². The maximum Gasteiger partial charge on any atom is 0.154 e. The van der Waals surface area contributed by atoms with Gasteiger partial charge in [-0.05, 0) is 31.7 Å². The van der Waals surface area contributed by atoms with Crippen molar-refractivity contribution in [3.63, 3.8) is 0 Å². The molecule has 0 aliphatic heterocycles. The Kier molecular flexibility index (Phi) is 4.12. The van der Waals surface area contributed by atoms with Crippen molar-refractivity contribution in [1.82, 2.24) is 5.43 Å². The minimum atomic E-state index is -3.15. The predicted octanol–water partition coefficient (Wildman–Crippen LogP) is 0.946. The summed E-state index contributed by atoms with van der Waals surface area (Å²) in [7, 11) is -3.15. The molecule has 0 spiro atoms. The van der Waals surface area contributed by atoms with E-state index in [4.69, 9.17) is 5.84 Å². The Morgan fingerprint density at radius 1 is 1.56 bits per heavy atom. The van der Waals surface area contributed by atoms with E-state index < -0.39 is 14.6 Å². The normalized spacial score (nSPS) is 15.0. The second-order valence-corrected chi connectivity index (χ2v) is 8.01. The van der Waals surface area contributed by atoms with E-state index in [0.29, 0.717) is 6.42 Å². The molecule has 0 amide bonds. The lowest BCUT2D eigenvalue weighted by Gasteiger charge is -2.31. The molecule has 0 radical (unpaired) electrons. The fourth-order valence-corrected chi connectivity index (χ4v) is 2.81. The Bertz CT molecular complexity index is 424. The van der Waals surface area contributed by atoms with Crippen LogP contribution in [0.2, 0.25) is 0 Å². The molecule has 0 aliphatic carbocycles. The molecule has 1 aromatic rings. The van der Waals surface area contributed by atoms with Crippen molar-refractivity contribution in [3.8, 4) is 0 Å². The molecule has 1 atom stereocenters. The summed E-state index contributed by atoms with van der Waals surface area (Å²) in [5.74, 6) is 5.46. The molecule has 1 aromatic heterocycles. The maximum absolute atomic E-state index is 11.7. The summed E-state index contributed by atoms with van der Waals surface area (Å²) in [5, 5.41) is 1.97. The molecule has 1 unspecified atom stereocenters. The zero-order valence-corrected chi connectivity index (χ0v) is 11.4. The van der Waals surface area contributed by atoms with Crippen LogP contribution in [-0.2, 0) is 16.3 Å². The zero-order valence-electron chi connectivity index (χ0n) is 9.73. The van der Waals surface area contributed by atoms with Gasteiger partial charge in [0.15, 0.2) is 9.84 Å². The minimum absolute atomic E-state index is 0.291. The van der Waals surface area contributed by atoms with Crippen LogP contribution in [0.15, 0.2) is 17.5 Å². The van der Waals surface area contributed by atoms with Gasteiger partial charge >= 0.3 is 0 Å². The van der Waals surface area contributed by atoms with Crippen LogP contribution in [0.3, 0.4) is 0 Å². The molecule has 1 rings (SSSR count). The largest absolute Gasteiger partial charge is 0.271 e. The zero-order chi connectivity index (χ0) is 12.4. The lowest BCUT2D eigenvalue weighted by Crippen LogP contribution is -2.54. The number of nitrogens with two attached hydrogens (primary N) is 1. The van der Waals surface area contributed by atoms with Crippen LogP contribution < -0.4 is 11.3 Å². The van der Waals surface area contributed by atoms with Gasteiger partial charge in [0.05, 0.1) is 4.75 Å². The number of rotatable bonds is 5. The standard InChI is InChI=1S/C10H18N2O2S2/c1-10(2,16(3,13)14)9(12-11)7-8-5-4-6-15-8/h4-6,9,12H,7,11H2,1-3H3. The van der Waals surface area contributed by atoms with Gasteiger partial charge in [0.2, 0.25) is 0 Å². The Hall–Kier alpha value is -0.430. The summed E-state index contributed by atoms with van der Waals surface area (Å²) in [4.78, 5) is 1.12. The molecule has 0 bridgehead atoms. The SMILES string of the molecule is CC(C)(C(Cc1cccs1)NN)S(C)(=O)=O. The molecule has 0 fully saturated rings. The fourth-order valence-electron chi connectivity index (χ4n) is 1.39. The number of sulfone groups is 1. The number of hydrazine groups is 1.